The van der Waals surface area contributed by atoms with Gasteiger partial charge in [0.1, 0.15) is 0 Å². The first-order chi connectivity index (χ1) is 7.68. The van der Waals surface area contributed by atoms with E-state index in [9.17, 15) is 0 Å². The van der Waals surface area contributed by atoms with Crippen LogP contribution in [0.4, 0.5) is 5.69 Å². The van der Waals surface area contributed by atoms with E-state index in [4.69, 9.17) is 5.73 Å². The maximum Gasteiger partial charge on any atom is 0.0429 e. The van der Waals surface area contributed by atoms with Gasteiger partial charge >= 0.3 is 0 Å². The molecule has 1 heteroatoms. The van der Waals surface area contributed by atoms with Crippen molar-refractivity contribution in [2.24, 2.45) is 0 Å². The lowest BCUT2D eigenvalue weighted by Crippen LogP contribution is -1.94. The molecule has 0 spiro atoms. The van der Waals surface area contributed by atoms with Gasteiger partial charge in [-0.05, 0) is 31.2 Å². The van der Waals surface area contributed by atoms with Crippen molar-refractivity contribution in [3.63, 3.8) is 0 Å². The van der Waals surface area contributed by atoms with E-state index in [0.29, 0.717) is 0 Å². The van der Waals surface area contributed by atoms with Crippen LogP contribution in [-0.2, 0) is 6.42 Å². The Hall–Kier alpha value is -1.76. The van der Waals surface area contributed by atoms with Gasteiger partial charge < -0.3 is 5.73 Å². The fraction of sp³-hybridized carbons (Fsp3) is 0.200. The van der Waals surface area contributed by atoms with Crippen LogP contribution in [0.3, 0.4) is 0 Å². The molecule has 0 atom stereocenters. The molecule has 2 N–H and O–H groups in total. The lowest BCUT2D eigenvalue weighted by atomic mass is 10.0. The van der Waals surface area contributed by atoms with E-state index in [2.05, 4.69) is 44.2 Å². The van der Waals surface area contributed by atoms with Crippen LogP contribution in [0.1, 0.15) is 19.4 Å². The van der Waals surface area contributed by atoms with E-state index < -0.39 is 0 Å². The average Bonchev–Trinajstić information content (AvgIpc) is 2.28. The summed E-state index contributed by atoms with van der Waals surface area (Å²) in [5.74, 6) is 0. The molecule has 0 saturated heterocycles. The van der Waals surface area contributed by atoms with E-state index in [1.54, 1.807) is 0 Å². The minimum atomic E-state index is 0.913. The predicted octanol–water partition coefficient (Wildman–Crippen LogP) is 3.93. The normalized spacial score (nSPS) is 10.4. The Labute approximate surface area is 96.6 Å². The highest BCUT2D eigenvalue weighted by Gasteiger charge is 2.02. The van der Waals surface area contributed by atoms with Crippen molar-refractivity contribution in [2.45, 2.75) is 20.3 Å². The molecular formula is C15H17N. The molecule has 0 saturated carbocycles. The molecule has 2 aromatic rings. The van der Waals surface area contributed by atoms with Crippen molar-refractivity contribution >= 4 is 16.5 Å². The molecule has 16 heavy (non-hydrogen) atoms. The predicted molar refractivity (Wildman–Crippen MR) is 71.5 cm³/mol. The van der Waals surface area contributed by atoms with Gasteiger partial charge in [-0.3, -0.25) is 0 Å². The molecular weight excluding hydrogens is 194 g/mol. The Morgan fingerprint density at radius 1 is 1.12 bits per heavy atom. The summed E-state index contributed by atoms with van der Waals surface area (Å²) < 4.78 is 0. The van der Waals surface area contributed by atoms with Gasteiger partial charge in [-0.15, -0.1) is 0 Å². The maximum atomic E-state index is 6.18. The molecule has 1 nitrogen and oxygen atoms in total. The van der Waals surface area contributed by atoms with E-state index in [-0.39, 0.29) is 0 Å². The third-order valence-corrected chi connectivity index (χ3v) is 2.79. The molecule has 0 unspecified atom stereocenters. The van der Waals surface area contributed by atoms with Crippen molar-refractivity contribution in [3.8, 4) is 0 Å². The number of benzene rings is 2. The molecule has 2 aromatic carbocycles. The van der Waals surface area contributed by atoms with Gasteiger partial charge in [-0.2, -0.15) is 0 Å². The largest absolute Gasteiger partial charge is 0.398 e. The highest BCUT2D eigenvalue weighted by molar-refractivity contribution is 5.94. The third-order valence-electron chi connectivity index (χ3n) is 2.79. The SMILES string of the molecule is CC(C)=CCc1ccc2ccccc2c1N. The first-order valence-corrected chi connectivity index (χ1v) is 5.58. The van der Waals surface area contributed by atoms with Crippen molar-refractivity contribution < 1.29 is 0 Å². The molecule has 0 bridgehead atoms. The highest BCUT2D eigenvalue weighted by Crippen LogP contribution is 2.25. The van der Waals surface area contributed by atoms with Crippen molar-refractivity contribution in [3.05, 3.63) is 53.6 Å². The standard InChI is InChI=1S/C15H17N/c1-11(2)7-8-13-10-9-12-5-3-4-6-14(12)15(13)16/h3-7,9-10H,8,16H2,1-2H3. The van der Waals surface area contributed by atoms with Crippen LogP contribution in [0.5, 0.6) is 0 Å². The minimum Gasteiger partial charge on any atom is -0.398 e. The first kappa shape index (κ1) is 10.7. The number of hydrogen-bond donors (Lipinski definition) is 1. The van der Waals surface area contributed by atoms with E-state index in [1.165, 1.54) is 16.5 Å². The molecule has 0 fully saturated rings. The quantitative estimate of drug-likeness (QED) is 0.591. The van der Waals surface area contributed by atoms with Crippen LogP contribution < -0.4 is 5.73 Å². The molecule has 0 aromatic heterocycles. The summed E-state index contributed by atoms with van der Waals surface area (Å²) in [4.78, 5) is 0. The topological polar surface area (TPSA) is 26.0 Å². The van der Waals surface area contributed by atoms with Gasteiger partial charge in [0.05, 0.1) is 0 Å². The first-order valence-electron chi connectivity index (χ1n) is 5.58. The van der Waals surface area contributed by atoms with Crippen LogP contribution in [0.2, 0.25) is 0 Å². The number of nitrogen functional groups attached to an aromatic ring is 1. The monoisotopic (exact) mass is 211 g/mol. The number of anilines is 1. The summed E-state index contributed by atoms with van der Waals surface area (Å²) in [6.07, 6.45) is 3.12. The van der Waals surface area contributed by atoms with Crippen LogP contribution in [0, 0.1) is 0 Å². The van der Waals surface area contributed by atoms with Crippen LogP contribution in [-0.4, -0.2) is 0 Å². The molecule has 0 aliphatic rings. The molecule has 0 amide bonds. The number of nitrogens with two attached hydrogens (primary N) is 1. The zero-order valence-electron chi connectivity index (χ0n) is 9.83. The molecule has 0 radical (unpaired) electrons. The Balaban J connectivity index is 2.48. The zero-order chi connectivity index (χ0) is 11.5. The Bertz CT molecular complexity index is 534. The van der Waals surface area contributed by atoms with Crippen molar-refractivity contribution in [2.75, 3.05) is 5.73 Å². The summed E-state index contributed by atoms with van der Waals surface area (Å²) >= 11 is 0. The summed E-state index contributed by atoms with van der Waals surface area (Å²) in [7, 11) is 0. The molecule has 82 valence electrons. The number of hydrogen-bond acceptors (Lipinski definition) is 1. The second kappa shape index (κ2) is 4.40. The van der Waals surface area contributed by atoms with E-state index in [1.807, 2.05) is 12.1 Å². The van der Waals surface area contributed by atoms with Crippen LogP contribution >= 0.6 is 0 Å². The molecule has 0 heterocycles. The highest BCUT2D eigenvalue weighted by atomic mass is 14.6. The van der Waals surface area contributed by atoms with Gasteiger partial charge in [0.15, 0.2) is 0 Å². The van der Waals surface area contributed by atoms with Gasteiger partial charge in [-0.25, -0.2) is 0 Å². The Kier molecular flexibility index (Phi) is 2.95. The Morgan fingerprint density at radius 3 is 2.62 bits per heavy atom. The fourth-order valence-electron chi connectivity index (χ4n) is 1.83. The summed E-state index contributed by atoms with van der Waals surface area (Å²) in [6, 6.07) is 12.5. The molecule has 2 rings (SSSR count). The number of rotatable bonds is 2. The van der Waals surface area contributed by atoms with Crippen molar-refractivity contribution in [1.29, 1.82) is 0 Å². The Morgan fingerprint density at radius 2 is 1.88 bits per heavy atom. The number of allylic oxidation sites excluding steroid dienone is 2. The lowest BCUT2D eigenvalue weighted by Gasteiger charge is -2.07. The van der Waals surface area contributed by atoms with Gasteiger partial charge in [-0.1, -0.05) is 48.0 Å². The second-order valence-electron chi connectivity index (χ2n) is 4.35. The maximum absolute atomic E-state index is 6.18. The van der Waals surface area contributed by atoms with Gasteiger partial charge in [0.25, 0.3) is 0 Å². The second-order valence-corrected chi connectivity index (χ2v) is 4.35. The van der Waals surface area contributed by atoms with Crippen LogP contribution in [0.25, 0.3) is 10.8 Å². The molecule has 0 aliphatic heterocycles. The van der Waals surface area contributed by atoms with Crippen molar-refractivity contribution in [1.82, 2.24) is 0 Å². The summed E-state index contributed by atoms with van der Waals surface area (Å²) in [5, 5.41) is 2.36. The smallest absolute Gasteiger partial charge is 0.0429 e. The molecule has 0 aliphatic carbocycles. The minimum absolute atomic E-state index is 0.913. The van der Waals surface area contributed by atoms with E-state index in [0.717, 1.165) is 17.5 Å². The van der Waals surface area contributed by atoms with Gasteiger partial charge in [0, 0.05) is 11.1 Å². The summed E-state index contributed by atoms with van der Waals surface area (Å²) in [5.41, 5.74) is 9.62. The van der Waals surface area contributed by atoms with Crippen LogP contribution in [0.15, 0.2) is 48.0 Å². The zero-order valence-corrected chi connectivity index (χ0v) is 9.83. The fourth-order valence-corrected chi connectivity index (χ4v) is 1.83. The summed E-state index contributed by atoms with van der Waals surface area (Å²) in [6.45, 7) is 4.22. The lowest BCUT2D eigenvalue weighted by molar-refractivity contribution is 1.22. The van der Waals surface area contributed by atoms with E-state index >= 15 is 0 Å². The van der Waals surface area contributed by atoms with Gasteiger partial charge in [0.2, 0.25) is 0 Å². The average molecular weight is 211 g/mol. The third kappa shape index (κ3) is 2.08. The number of fused-ring (bicyclic) bond motifs is 1.